The van der Waals surface area contributed by atoms with Crippen LogP contribution in [0.4, 0.5) is 37.9 Å². The standard InChI is InChI=1S/C22H21F2N7/c23-14-6-4-8-16(12-14)25-21-27-18-19(28-21)29-22(26-17-9-5-7-15(24)13-17)30-20(18)31-10-2-1-3-11-31/h4-9,12-13H,1-3,10-11H2,(H3,25,26,27,28,29,30). The van der Waals surface area contributed by atoms with Crippen LogP contribution in [0.5, 0.6) is 0 Å². The number of H-pyrrole nitrogens is 1. The van der Waals surface area contributed by atoms with Gasteiger partial charge in [0, 0.05) is 24.5 Å². The Bertz CT molecular complexity index is 1220. The Kier molecular flexibility index (Phi) is 5.07. The first-order valence-electron chi connectivity index (χ1n) is 10.2. The van der Waals surface area contributed by atoms with Crippen LogP contribution in [0.25, 0.3) is 11.2 Å². The number of nitrogens with one attached hydrogen (secondary N) is 3. The maximum Gasteiger partial charge on any atom is 0.231 e. The molecule has 3 N–H and O–H groups in total. The number of piperidine rings is 1. The Morgan fingerprint density at radius 2 is 1.48 bits per heavy atom. The van der Waals surface area contributed by atoms with Crippen molar-refractivity contribution in [2.75, 3.05) is 28.6 Å². The Labute approximate surface area is 177 Å². The normalized spacial score (nSPS) is 14.1. The lowest BCUT2D eigenvalue weighted by atomic mass is 10.1. The molecule has 2 aromatic heterocycles. The van der Waals surface area contributed by atoms with Gasteiger partial charge >= 0.3 is 0 Å². The number of benzene rings is 2. The van der Waals surface area contributed by atoms with Gasteiger partial charge in [-0.1, -0.05) is 12.1 Å². The fourth-order valence-corrected chi connectivity index (χ4v) is 3.72. The highest BCUT2D eigenvalue weighted by Crippen LogP contribution is 2.29. The quantitative estimate of drug-likeness (QED) is 0.416. The lowest BCUT2D eigenvalue weighted by molar-refractivity contribution is 0.574. The zero-order chi connectivity index (χ0) is 21.2. The summed E-state index contributed by atoms with van der Waals surface area (Å²) >= 11 is 0. The Balaban J connectivity index is 1.53. The molecule has 0 unspecified atom stereocenters. The maximum absolute atomic E-state index is 13.6. The van der Waals surface area contributed by atoms with E-state index in [2.05, 4.69) is 30.5 Å². The van der Waals surface area contributed by atoms with Crippen molar-refractivity contribution in [3.05, 3.63) is 60.2 Å². The van der Waals surface area contributed by atoms with Crippen molar-refractivity contribution in [1.29, 1.82) is 0 Å². The first kappa shape index (κ1) is 19.2. The SMILES string of the molecule is Fc1cccc(Nc2nc(N3CCCCC3)c3nc(Nc4cccc(F)c4)[nH]c3n2)c1. The van der Waals surface area contributed by atoms with Crippen LogP contribution in [-0.2, 0) is 0 Å². The van der Waals surface area contributed by atoms with E-state index in [-0.39, 0.29) is 11.6 Å². The highest BCUT2D eigenvalue weighted by Gasteiger charge is 2.20. The van der Waals surface area contributed by atoms with Crippen molar-refractivity contribution in [3.63, 3.8) is 0 Å². The molecule has 1 aliphatic rings. The molecule has 0 amide bonds. The predicted octanol–water partition coefficient (Wildman–Crippen LogP) is 5.11. The maximum atomic E-state index is 13.6. The monoisotopic (exact) mass is 421 g/mol. The van der Waals surface area contributed by atoms with Crippen LogP contribution < -0.4 is 15.5 Å². The van der Waals surface area contributed by atoms with Gasteiger partial charge in [0.1, 0.15) is 11.6 Å². The summed E-state index contributed by atoms with van der Waals surface area (Å²) in [6, 6.07) is 12.3. The summed E-state index contributed by atoms with van der Waals surface area (Å²) in [5.74, 6) is 0.824. The van der Waals surface area contributed by atoms with Crippen molar-refractivity contribution in [2.45, 2.75) is 19.3 Å². The van der Waals surface area contributed by atoms with Crippen molar-refractivity contribution >= 4 is 40.3 Å². The summed E-state index contributed by atoms with van der Waals surface area (Å²) < 4.78 is 27.1. The number of halogens is 2. The molecule has 158 valence electrons. The largest absolute Gasteiger partial charge is 0.355 e. The van der Waals surface area contributed by atoms with E-state index in [1.807, 2.05) is 0 Å². The van der Waals surface area contributed by atoms with Crippen LogP contribution in [0, 0.1) is 11.6 Å². The van der Waals surface area contributed by atoms with Gasteiger partial charge in [-0.2, -0.15) is 9.97 Å². The molecule has 4 aromatic rings. The van der Waals surface area contributed by atoms with Gasteiger partial charge in [-0.25, -0.2) is 13.8 Å². The first-order chi connectivity index (χ1) is 15.1. The third-order valence-electron chi connectivity index (χ3n) is 5.15. The molecule has 31 heavy (non-hydrogen) atoms. The fraction of sp³-hybridized carbons (Fsp3) is 0.227. The molecule has 0 spiro atoms. The Hall–Kier alpha value is -3.75. The van der Waals surface area contributed by atoms with Crippen LogP contribution in [0.3, 0.4) is 0 Å². The van der Waals surface area contributed by atoms with Gasteiger partial charge in [-0.05, 0) is 55.7 Å². The summed E-state index contributed by atoms with van der Waals surface area (Å²) in [4.78, 5) is 19.2. The summed E-state index contributed by atoms with van der Waals surface area (Å²) in [6.45, 7) is 1.76. The molecule has 7 nitrogen and oxygen atoms in total. The number of hydrogen-bond acceptors (Lipinski definition) is 6. The van der Waals surface area contributed by atoms with E-state index in [1.54, 1.807) is 24.3 Å². The summed E-state index contributed by atoms with van der Waals surface area (Å²) in [6.07, 6.45) is 3.35. The number of anilines is 5. The van der Waals surface area contributed by atoms with Crippen molar-refractivity contribution < 1.29 is 8.78 Å². The summed E-state index contributed by atoms with van der Waals surface area (Å²) in [7, 11) is 0. The van der Waals surface area contributed by atoms with Gasteiger partial charge in [0.05, 0.1) is 0 Å². The van der Waals surface area contributed by atoms with Crippen LogP contribution in [0.1, 0.15) is 19.3 Å². The van der Waals surface area contributed by atoms with E-state index in [4.69, 9.17) is 4.98 Å². The molecule has 5 rings (SSSR count). The molecular formula is C22H21F2N7. The second-order valence-electron chi connectivity index (χ2n) is 7.47. The molecule has 2 aromatic carbocycles. The molecule has 1 fully saturated rings. The van der Waals surface area contributed by atoms with Crippen LogP contribution in [0.15, 0.2) is 48.5 Å². The second kappa shape index (κ2) is 8.17. The third-order valence-corrected chi connectivity index (χ3v) is 5.15. The number of nitrogens with zero attached hydrogens (tertiary/aromatic N) is 4. The van der Waals surface area contributed by atoms with E-state index in [0.717, 1.165) is 25.9 Å². The fourth-order valence-electron chi connectivity index (χ4n) is 3.72. The molecule has 1 aliphatic heterocycles. The molecular weight excluding hydrogens is 400 g/mol. The highest BCUT2D eigenvalue weighted by molar-refractivity contribution is 5.87. The minimum absolute atomic E-state index is 0.337. The molecule has 9 heteroatoms. The average Bonchev–Trinajstić information content (AvgIpc) is 3.16. The van der Waals surface area contributed by atoms with Gasteiger partial charge in [0.25, 0.3) is 0 Å². The van der Waals surface area contributed by atoms with E-state index >= 15 is 0 Å². The number of rotatable bonds is 5. The number of imidazole rings is 1. The second-order valence-corrected chi connectivity index (χ2v) is 7.47. The molecule has 1 saturated heterocycles. The minimum atomic E-state index is -0.342. The number of aromatic nitrogens is 4. The number of aromatic amines is 1. The zero-order valence-electron chi connectivity index (χ0n) is 16.7. The molecule has 0 bridgehead atoms. The number of hydrogen-bond donors (Lipinski definition) is 3. The van der Waals surface area contributed by atoms with Crippen molar-refractivity contribution in [3.8, 4) is 0 Å². The topological polar surface area (TPSA) is 81.8 Å². The molecule has 0 saturated carbocycles. The van der Waals surface area contributed by atoms with Gasteiger partial charge in [-0.3, -0.25) is 0 Å². The van der Waals surface area contributed by atoms with Crippen LogP contribution in [0.2, 0.25) is 0 Å². The molecule has 0 aliphatic carbocycles. The van der Waals surface area contributed by atoms with E-state index < -0.39 is 0 Å². The summed E-state index contributed by atoms with van der Waals surface area (Å²) in [5, 5.41) is 6.15. The van der Waals surface area contributed by atoms with Gasteiger partial charge < -0.3 is 20.5 Å². The first-order valence-corrected chi connectivity index (χ1v) is 10.2. The molecule has 3 heterocycles. The van der Waals surface area contributed by atoms with Gasteiger partial charge in [0.2, 0.25) is 11.9 Å². The smallest absolute Gasteiger partial charge is 0.231 e. The Morgan fingerprint density at radius 1 is 0.806 bits per heavy atom. The van der Waals surface area contributed by atoms with Crippen molar-refractivity contribution in [2.24, 2.45) is 0 Å². The van der Waals surface area contributed by atoms with Gasteiger partial charge in [0.15, 0.2) is 17.0 Å². The zero-order valence-corrected chi connectivity index (χ0v) is 16.7. The highest BCUT2D eigenvalue weighted by atomic mass is 19.1. The lowest BCUT2D eigenvalue weighted by Crippen LogP contribution is -2.30. The Morgan fingerprint density at radius 3 is 2.16 bits per heavy atom. The average molecular weight is 421 g/mol. The minimum Gasteiger partial charge on any atom is -0.355 e. The predicted molar refractivity (Wildman–Crippen MR) is 117 cm³/mol. The van der Waals surface area contributed by atoms with Crippen LogP contribution >= 0.6 is 0 Å². The van der Waals surface area contributed by atoms with Gasteiger partial charge in [-0.15, -0.1) is 0 Å². The van der Waals surface area contributed by atoms with E-state index in [1.165, 1.54) is 30.7 Å². The van der Waals surface area contributed by atoms with Crippen LogP contribution in [-0.4, -0.2) is 33.0 Å². The lowest BCUT2D eigenvalue weighted by Gasteiger charge is -2.27. The third kappa shape index (κ3) is 4.25. The van der Waals surface area contributed by atoms with E-state index in [0.29, 0.717) is 40.3 Å². The van der Waals surface area contributed by atoms with E-state index in [9.17, 15) is 8.78 Å². The molecule has 0 radical (unpaired) electrons. The number of fused-ring (bicyclic) bond motifs is 1. The molecule has 0 atom stereocenters. The summed E-state index contributed by atoms with van der Waals surface area (Å²) in [5.41, 5.74) is 2.30. The van der Waals surface area contributed by atoms with Crippen molar-refractivity contribution in [1.82, 2.24) is 19.9 Å².